The lowest BCUT2D eigenvalue weighted by molar-refractivity contribution is 0.242. The van der Waals surface area contributed by atoms with Crippen LogP contribution in [0.3, 0.4) is 0 Å². The van der Waals surface area contributed by atoms with Crippen molar-refractivity contribution in [2.24, 2.45) is 0 Å². The highest BCUT2D eigenvalue weighted by atomic mass is 127. The molecule has 3 heteroatoms. The van der Waals surface area contributed by atoms with Gasteiger partial charge in [0.25, 0.3) is 0 Å². The molecule has 0 spiro atoms. The van der Waals surface area contributed by atoms with Crippen LogP contribution in [-0.4, -0.2) is 6.10 Å². The van der Waals surface area contributed by atoms with Crippen molar-refractivity contribution < 1.29 is 4.74 Å². The van der Waals surface area contributed by atoms with E-state index in [2.05, 4.69) is 71.2 Å². The Kier molecular flexibility index (Phi) is 5.29. The molecule has 0 aliphatic rings. The Hall–Kier alpha value is -1.23. The standard InChI is InChI=1S/C17H20INO/c1-12(2)20-15-10-8-14(9-11-15)13(3)19-17-7-5-4-6-16(17)18/h4-13,19H,1-3H3. The molecular formula is C17H20INO. The monoisotopic (exact) mass is 381 g/mol. The van der Waals surface area contributed by atoms with Gasteiger partial charge in [0.15, 0.2) is 0 Å². The molecule has 0 saturated heterocycles. The summed E-state index contributed by atoms with van der Waals surface area (Å²) in [5, 5.41) is 3.54. The van der Waals surface area contributed by atoms with E-state index in [4.69, 9.17) is 4.74 Å². The molecule has 0 bridgehead atoms. The molecule has 2 nitrogen and oxygen atoms in total. The summed E-state index contributed by atoms with van der Waals surface area (Å²) in [7, 11) is 0. The number of para-hydroxylation sites is 1. The van der Waals surface area contributed by atoms with E-state index in [1.165, 1.54) is 14.8 Å². The zero-order valence-electron chi connectivity index (χ0n) is 12.1. The lowest BCUT2D eigenvalue weighted by atomic mass is 10.1. The molecule has 1 atom stereocenters. The molecule has 1 unspecified atom stereocenters. The fraction of sp³-hybridized carbons (Fsp3) is 0.294. The molecule has 0 aliphatic carbocycles. The predicted molar refractivity (Wildman–Crippen MR) is 93.4 cm³/mol. The third-order valence-corrected chi connectivity index (χ3v) is 3.94. The normalized spacial score (nSPS) is 12.2. The second kappa shape index (κ2) is 6.97. The molecule has 1 N–H and O–H groups in total. The largest absolute Gasteiger partial charge is 0.491 e. The molecule has 0 fully saturated rings. The van der Waals surface area contributed by atoms with Crippen molar-refractivity contribution in [2.75, 3.05) is 5.32 Å². The van der Waals surface area contributed by atoms with Gasteiger partial charge < -0.3 is 10.1 Å². The van der Waals surface area contributed by atoms with E-state index in [0.717, 1.165) is 5.75 Å². The fourth-order valence-corrected chi connectivity index (χ4v) is 2.55. The van der Waals surface area contributed by atoms with E-state index in [9.17, 15) is 0 Å². The first-order valence-corrected chi connectivity index (χ1v) is 7.92. The molecule has 0 heterocycles. The summed E-state index contributed by atoms with van der Waals surface area (Å²) in [6.07, 6.45) is 0.210. The van der Waals surface area contributed by atoms with Crippen molar-refractivity contribution in [3.63, 3.8) is 0 Å². The second-order valence-electron chi connectivity index (χ2n) is 5.08. The molecule has 0 saturated carbocycles. The Bertz CT molecular complexity index is 551. The van der Waals surface area contributed by atoms with Gasteiger partial charge in [0.1, 0.15) is 5.75 Å². The Morgan fingerprint density at radius 1 is 0.950 bits per heavy atom. The highest BCUT2D eigenvalue weighted by Crippen LogP contribution is 2.25. The van der Waals surface area contributed by atoms with Crippen LogP contribution in [0.5, 0.6) is 5.75 Å². The van der Waals surface area contributed by atoms with Gasteiger partial charge in [-0.3, -0.25) is 0 Å². The van der Waals surface area contributed by atoms with Crippen molar-refractivity contribution in [3.05, 3.63) is 57.7 Å². The van der Waals surface area contributed by atoms with Crippen LogP contribution >= 0.6 is 22.6 Å². The Morgan fingerprint density at radius 3 is 2.20 bits per heavy atom. The van der Waals surface area contributed by atoms with E-state index in [1.54, 1.807) is 0 Å². The summed E-state index contributed by atoms with van der Waals surface area (Å²) in [4.78, 5) is 0. The summed E-state index contributed by atoms with van der Waals surface area (Å²) in [5.74, 6) is 0.922. The number of rotatable bonds is 5. The topological polar surface area (TPSA) is 21.3 Å². The third-order valence-electron chi connectivity index (χ3n) is 3.00. The van der Waals surface area contributed by atoms with Crippen LogP contribution in [0.15, 0.2) is 48.5 Å². The Morgan fingerprint density at radius 2 is 1.60 bits per heavy atom. The zero-order chi connectivity index (χ0) is 14.5. The number of hydrogen-bond acceptors (Lipinski definition) is 2. The molecule has 2 aromatic carbocycles. The predicted octanol–water partition coefficient (Wildman–Crippen LogP) is 5.25. The first-order valence-electron chi connectivity index (χ1n) is 6.84. The first kappa shape index (κ1) is 15.2. The van der Waals surface area contributed by atoms with E-state index < -0.39 is 0 Å². The minimum atomic E-state index is 0.210. The maximum atomic E-state index is 5.66. The van der Waals surface area contributed by atoms with Gasteiger partial charge in [0.2, 0.25) is 0 Å². The van der Waals surface area contributed by atoms with Gasteiger partial charge in [-0.25, -0.2) is 0 Å². The molecule has 2 rings (SSSR count). The van der Waals surface area contributed by atoms with Crippen molar-refractivity contribution in [3.8, 4) is 5.75 Å². The van der Waals surface area contributed by atoms with Gasteiger partial charge in [-0.05, 0) is 73.2 Å². The summed E-state index contributed by atoms with van der Waals surface area (Å²) in [6.45, 7) is 6.24. The number of halogens is 1. The minimum Gasteiger partial charge on any atom is -0.491 e. The average Bonchev–Trinajstić information content (AvgIpc) is 2.41. The SMILES string of the molecule is CC(C)Oc1ccc(C(C)Nc2ccccc2I)cc1. The quantitative estimate of drug-likeness (QED) is 0.715. The van der Waals surface area contributed by atoms with Crippen molar-refractivity contribution in [2.45, 2.75) is 32.9 Å². The summed E-state index contributed by atoms with van der Waals surface area (Å²) >= 11 is 2.35. The van der Waals surface area contributed by atoms with Crippen LogP contribution in [0.25, 0.3) is 0 Å². The molecule has 106 valence electrons. The Labute approximate surface area is 134 Å². The zero-order valence-corrected chi connectivity index (χ0v) is 14.2. The number of ether oxygens (including phenoxy) is 1. The number of benzene rings is 2. The lowest BCUT2D eigenvalue weighted by Gasteiger charge is -2.17. The van der Waals surface area contributed by atoms with Crippen LogP contribution in [0.4, 0.5) is 5.69 Å². The van der Waals surface area contributed by atoms with Crippen LogP contribution in [0.2, 0.25) is 0 Å². The van der Waals surface area contributed by atoms with Crippen LogP contribution in [-0.2, 0) is 0 Å². The molecule has 0 aliphatic heterocycles. The highest BCUT2D eigenvalue weighted by molar-refractivity contribution is 14.1. The van der Waals surface area contributed by atoms with E-state index >= 15 is 0 Å². The van der Waals surface area contributed by atoms with Gasteiger partial charge in [-0.1, -0.05) is 24.3 Å². The van der Waals surface area contributed by atoms with Crippen LogP contribution in [0.1, 0.15) is 32.4 Å². The number of hydrogen-bond donors (Lipinski definition) is 1. The van der Waals surface area contributed by atoms with E-state index in [1.807, 2.05) is 26.0 Å². The van der Waals surface area contributed by atoms with E-state index in [-0.39, 0.29) is 12.1 Å². The summed E-state index contributed by atoms with van der Waals surface area (Å²) in [6, 6.07) is 16.9. The summed E-state index contributed by atoms with van der Waals surface area (Å²) in [5.41, 5.74) is 2.42. The van der Waals surface area contributed by atoms with Crippen LogP contribution < -0.4 is 10.1 Å². The van der Waals surface area contributed by atoms with Gasteiger partial charge in [-0.15, -0.1) is 0 Å². The van der Waals surface area contributed by atoms with Crippen LogP contribution in [0, 0.1) is 3.57 Å². The molecule has 2 aromatic rings. The maximum Gasteiger partial charge on any atom is 0.119 e. The van der Waals surface area contributed by atoms with Gasteiger partial charge in [0.05, 0.1) is 6.10 Å². The smallest absolute Gasteiger partial charge is 0.119 e. The second-order valence-corrected chi connectivity index (χ2v) is 6.24. The molecule has 20 heavy (non-hydrogen) atoms. The van der Waals surface area contributed by atoms with Gasteiger partial charge in [-0.2, -0.15) is 0 Å². The number of anilines is 1. The fourth-order valence-electron chi connectivity index (χ4n) is 2.00. The highest BCUT2D eigenvalue weighted by Gasteiger charge is 2.07. The minimum absolute atomic E-state index is 0.210. The maximum absolute atomic E-state index is 5.66. The average molecular weight is 381 g/mol. The van der Waals surface area contributed by atoms with Gasteiger partial charge in [0, 0.05) is 15.3 Å². The molecule has 0 radical (unpaired) electrons. The molecule has 0 aromatic heterocycles. The van der Waals surface area contributed by atoms with Gasteiger partial charge >= 0.3 is 0 Å². The van der Waals surface area contributed by atoms with E-state index in [0.29, 0.717) is 0 Å². The third kappa shape index (κ3) is 4.13. The summed E-state index contributed by atoms with van der Waals surface area (Å²) < 4.78 is 6.90. The lowest BCUT2D eigenvalue weighted by Crippen LogP contribution is -2.08. The molecule has 0 amide bonds. The van der Waals surface area contributed by atoms with Crippen molar-refractivity contribution >= 4 is 28.3 Å². The van der Waals surface area contributed by atoms with Crippen molar-refractivity contribution in [1.82, 2.24) is 0 Å². The Balaban J connectivity index is 2.06. The molecular weight excluding hydrogens is 361 g/mol. The first-order chi connectivity index (χ1) is 9.56. The van der Waals surface area contributed by atoms with Crippen molar-refractivity contribution in [1.29, 1.82) is 0 Å². The number of nitrogens with one attached hydrogen (secondary N) is 1.